The van der Waals surface area contributed by atoms with Crippen molar-refractivity contribution in [2.45, 2.75) is 64.4 Å². The third-order valence-electron chi connectivity index (χ3n) is 6.10. The molecule has 2 aromatic heterocycles. The molecule has 0 aliphatic carbocycles. The van der Waals surface area contributed by atoms with Crippen molar-refractivity contribution in [3.05, 3.63) is 22.6 Å². The molecular weight excluding hydrogens is 454 g/mol. The highest BCUT2D eigenvalue weighted by Gasteiger charge is 2.49. The van der Waals surface area contributed by atoms with Crippen LogP contribution in [-0.4, -0.2) is 55.2 Å². The zero-order valence-electron chi connectivity index (χ0n) is 17.7. The molecule has 2 unspecified atom stereocenters. The number of imidazole rings is 1. The SMILES string of the molecule is Cc1nc(N2CCC3(CO[C@@H](C)C3)C(N[S@](=O)C(C)(C)C)C2)n2ccnc2c1Br. The molecule has 4 atom stereocenters. The summed E-state index contributed by atoms with van der Waals surface area (Å²) in [6, 6.07) is 0.0607. The van der Waals surface area contributed by atoms with Crippen LogP contribution in [0.3, 0.4) is 0 Å². The Morgan fingerprint density at radius 3 is 2.83 bits per heavy atom. The second kappa shape index (κ2) is 7.59. The van der Waals surface area contributed by atoms with Gasteiger partial charge in [0, 0.05) is 36.9 Å². The van der Waals surface area contributed by atoms with Gasteiger partial charge in [-0.3, -0.25) is 4.40 Å². The van der Waals surface area contributed by atoms with Crippen molar-refractivity contribution in [2.24, 2.45) is 5.41 Å². The molecule has 2 aromatic rings. The van der Waals surface area contributed by atoms with Crippen LogP contribution in [0.15, 0.2) is 16.9 Å². The predicted molar refractivity (Wildman–Crippen MR) is 120 cm³/mol. The smallest absolute Gasteiger partial charge is 0.211 e. The van der Waals surface area contributed by atoms with Crippen molar-refractivity contribution in [1.29, 1.82) is 0 Å². The minimum Gasteiger partial charge on any atom is -0.378 e. The summed E-state index contributed by atoms with van der Waals surface area (Å²) in [6.07, 6.45) is 5.95. The first-order valence-corrected chi connectivity index (χ1v) is 12.1. The van der Waals surface area contributed by atoms with Crippen LogP contribution >= 0.6 is 15.9 Å². The number of aryl methyl sites for hydroxylation is 1. The van der Waals surface area contributed by atoms with Crippen molar-refractivity contribution in [1.82, 2.24) is 19.1 Å². The summed E-state index contributed by atoms with van der Waals surface area (Å²) in [5.74, 6) is 0.883. The van der Waals surface area contributed by atoms with Crippen molar-refractivity contribution in [3.63, 3.8) is 0 Å². The first-order valence-electron chi connectivity index (χ1n) is 10.1. The van der Waals surface area contributed by atoms with Gasteiger partial charge in [0.25, 0.3) is 0 Å². The molecule has 29 heavy (non-hydrogen) atoms. The number of piperidine rings is 1. The van der Waals surface area contributed by atoms with Crippen LogP contribution in [0.4, 0.5) is 5.95 Å². The fraction of sp³-hybridized carbons (Fsp3) is 0.700. The minimum atomic E-state index is -1.15. The highest BCUT2D eigenvalue weighted by molar-refractivity contribution is 9.10. The predicted octanol–water partition coefficient (Wildman–Crippen LogP) is 3.23. The lowest BCUT2D eigenvalue weighted by atomic mass is 9.73. The van der Waals surface area contributed by atoms with Crippen LogP contribution in [0, 0.1) is 12.3 Å². The molecule has 2 saturated heterocycles. The molecule has 4 heterocycles. The Kier molecular flexibility index (Phi) is 5.55. The Bertz CT molecular complexity index is 943. The van der Waals surface area contributed by atoms with Crippen molar-refractivity contribution in [2.75, 3.05) is 24.6 Å². The van der Waals surface area contributed by atoms with Crippen LogP contribution in [0.5, 0.6) is 0 Å². The molecule has 160 valence electrons. The summed E-state index contributed by atoms with van der Waals surface area (Å²) in [7, 11) is -1.15. The van der Waals surface area contributed by atoms with Gasteiger partial charge in [0.1, 0.15) is 0 Å². The standard InChI is InChI=1S/C20H30BrN5O2S/c1-13-10-20(12-28-13)6-8-25(11-15(20)24-29(27)19(3,4)5)18-23-14(2)16(21)17-22-7-9-26(17)18/h7,9,13,15,24H,6,8,10-12H2,1-5H3/t13-,15?,20?,29+/m0/s1. The van der Waals surface area contributed by atoms with E-state index in [0.29, 0.717) is 6.61 Å². The van der Waals surface area contributed by atoms with E-state index >= 15 is 0 Å². The number of hydrogen-bond donors (Lipinski definition) is 1. The van der Waals surface area contributed by atoms with Gasteiger partial charge in [-0.2, -0.15) is 0 Å². The van der Waals surface area contributed by atoms with Crippen LogP contribution in [0.2, 0.25) is 0 Å². The van der Waals surface area contributed by atoms with Gasteiger partial charge in [-0.1, -0.05) is 0 Å². The lowest BCUT2D eigenvalue weighted by molar-refractivity contribution is 0.0874. The second-order valence-corrected chi connectivity index (χ2v) is 12.2. The molecule has 2 aliphatic heterocycles. The number of ether oxygens (including phenoxy) is 1. The third kappa shape index (κ3) is 3.86. The lowest BCUT2D eigenvalue weighted by Gasteiger charge is -2.46. The monoisotopic (exact) mass is 483 g/mol. The Morgan fingerprint density at radius 2 is 2.17 bits per heavy atom. The summed E-state index contributed by atoms with van der Waals surface area (Å²) >= 11 is 3.61. The molecule has 2 fully saturated rings. The first kappa shape index (κ1) is 21.2. The number of nitrogens with one attached hydrogen (secondary N) is 1. The molecular formula is C20H30BrN5O2S. The molecule has 4 rings (SSSR count). The maximum atomic E-state index is 13.0. The molecule has 0 aromatic carbocycles. The van der Waals surface area contributed by atoms with E-state index in [-0.39, 0.29) is 22.3 Å². The van der Waals surface area contributed by atoms with Gasteiger partial charge in [-0.25, -0.2) is 18.9 Å². The Hall–Kier alpha value is -1.03. The van der Waals surface area contributed by atoms with Gasteiger partial charge in [-0.05, 0) is 63.4 Å². The average Bonchev–Trinajstić information content (AvgIpc) is 3.27. The molecule has 0 bridgehead atoms. The van der Waals surface area contributed by atoms with Crippen molar-refractivity contribution >= 4 is 38.5 Å². The van der Waals surface area contributed by atoms with E-state index < -0.39 is 11.0 Å². The maximum absolute atomic E-state index is 13.0. The van der Waals surface area contributed by atoms with E-state index in [1.165, 1.54) is 0 Å². The molecule has 9 heteroatoms. The van der Waals surface area contributed by atoms with E-state index in [9.17, 15) is 4.21 Å². The van der Waals surface area contributed by atoms with Crippen LogP contribution in [0.1, 0.15) is 46.2 Å². The molecule has 0 saturated carbocycles. The fourth-order valence-corrected chi connectivity index (χ4v) is 5.69. The van der Waals surface area contributed by atoms with Crippen molar-refractivity contribution in [3.8, 4) is 0 Å². The number of fused-ring (bicyclic) bond motifs is 1. The number of nitrogens with zero attached hydrogens (tertiary/aromatic N) is 4. The number of hydrogen-bond acceptors (Lipinski definition) is 5. The largest absolute Gasteiger partial charge is 0.378 e. The summed E-state index contributed by atoms with van der Waals surface area (Å²) in [6.45, 7) is 12.5. The van der Waals surface area contributed by atoms with Gasteiger partial charge in [0.2, 0.25) is 5.95 Å². The van der Waals surface area contributed by atoms with Gasteiger partial charge >= 0.3 is 0 Å². The fourth-order valence-electron chi connectivity index (χ4n) is 4.37. The van der Waals surface area contributed by atoms with E-state index in [4.69, 9.17) is 9.72 Å². The van der Waals surface area contributed by atoms with Gasteiger partial charge < -0.3 is 9.64 Å². The van der Waals surface area contributed by atoms with Crippen LogP contribution in [0.25, 0.3) is 5.65 Å². The lowest BCUT2D eigenvalue weighted by Crippen LogP contribution is -2.60. The summed E-state index contributed by atoms with van der Waals surface area (Å²) < 4.78 is 25.0. The quantitative estimate of drug-likeness (QED) is 0.725. The molecule has 2 aliphatic rings. The Morgan fingerprint density at radius 1 is 1.41 bits per heavy atom. The zero-order chi connectivity index (χ0) is 21.0. The van der Waals surface area contributed by atoms with Gasteiger partial charge in [0.15, 0.2) is 5.65 Å². The summed E-state index contributed by atoms with van der Waals surface area (Å²) in [4.78, 5) is 11.6. The Labute approximate surface area is 183 Å². The normalized spacial score (nSPS) is 29.1. The average molecular weight is 484 g/mol. The highest BCUT2D eigenvalue weighted by atomic mass is 79.9. The molecule has 1 spiro atoms. The molecule has 0 amide bonds. The molecule has 7 nitrogen and oxygen atoms in total. The first-order chi connectivity index (χ1) is 13.6. The highest BCUT2D eigenvalue weighted by Crippen LogP contribution is 2.43. The molecule has 1 N–H and O–H groups in total. The van der Waals surface area contributed by atoms with Crippen molar-refractivity contribution < 1.29 is 8.95 Å². The second-order valence-electron chi connectivity index (χ2n) is 9.37. The number of halogens is 1. The van der Waals surface area contributed by atoms with E-state index in [1.54, 1.807) is 6.20 Å². The number of rotatable bonds is 3. The summed E-state index contributed by atoms with van der Waals surface area (Å²) in [5.41, 5.74) is 1.79. The zero-order valence-corrected chi connectivity index (χ0v) is 20.1. The maximum Gasteiger partial charge on any atom is 0.211 e. The minimum absolute atomic E-state index is 0.00921. The van der Waals surface area contributed by atoms with E-state index in [1.807, 2.05) is 38.3 Å². The van der Waals surface area contributed by atoms with Crippen LogP contribution < -0.4 is 9.62 Å². The van der Waals surface area contributed by atoms with Gasteiger partial charge in [-0.15, -0.1) is 0 Å². The van der Waals surface area contributed by atoms with Crippen LogP contribution in [-0.2, 0) is 15.7 Å². The molecule has 0 radical (unpaired) electrons. The summed E-state index contributed by atoms with van der Waals surface area (Å²) in [5, 5.41) is 0. The topological polar surface area (TPSA) is 71.8 Å². The number of anilines is 1. The third-order valence-corrected chi connectivity index (χ3v) is 8.64. The Balaban J connectivity index is 1.68. The van der Waals surface area contributed by atoms with E-state index in [2.05, 4.69) is 37.5 Å². The van der Waals surface area contributed by atoms with Gasteiger partial charge in [0.05, 0.1) is 38.6 Å². The number of aromatic nitrogens is 3. The van der Waals surface area contributed by atoms with E-state index in [0.717, 1.165) is 47.7 Å².